The van der Waals surface area contributed by atoms with Crippen molar-refractivity contribution in [3.8, 4) is 0 Å². The third-order valence-electron chi connectivity index (χ3n) is 3.78. The van der Waals surface area contributed by atoms with E-state index in [1.165, 1.54) is 38.5 Å². The quantitative estimate of drug-likeness (QED) is 0.501. The molecule has 20 heavy (non-hydrogen) atoms. The maximum atomic E-state index is 10.6. The van der Waals surface area contributed by atoms with E-state index < -0.39 is 5.60 Å². The average Bonchev–Trinajstić information content (AvgIpc) is 2.37. The first-order chi connectivity index (χ1) is 9.47. The summed E-state index contributed by atoms with van der Waals surface area (Å²) in [6, 6.07) is 5.68. The fourth-order valence-electron chi connectivity index (χ4n) is 2.49. The molecule has 0 saturated heterocycles. The number of halogens is 2. The highest BCUT2D eigenvalue weighted by Gasteiger charge is 2.25. The topological polar surface area (TPSA) is 20.2 Å². The molecule has 0 aliphatic heterocycles. The maximum Gasteiger partial charge on any atom is 0.0882 e. The molecule has 0 saturated carbocycles. The Kier molecular flexibility index (Phi) is 8.16. The van der Waals surface area contributed by atoms with Crippen molar-refractivity contribution in [2.75, 3.05) is 0 Å². The molecule has 1 rings (SSSR count). The largest absolute Gasteiger partial charge is 0.385 e. The lowest BCUT2D eigenvalue weighted by atomic mass is 9.90. The zero-order valence-electron chi connectivity index (χ0n) is 12.6. The molecule has 3 heteroatoms. The van der Waals surface area contributed by atoms with E-state index in [0.29, 0.717) is 5.02 Å². The molecule has 1 aromatic carbocycles. The van der Waals surface area contributed by atoms with Crippen LogP contribution in [-0.2, 0) is 5.60 Å². The van der Waals surface area contributed by atoms with Crippen LogP contribution in [-0.4, -0.2) is 5.11 Å². The van der Waals surface area contributed by atoms with Crippen molar-refractivity contribution < 1.29 is 5.11 Å². The molecule has 1 nitrogen and oxygen atoms in total. The third kappa shape index (κ3) is 6.15. The van der Waals surface area contributed by atoms with Crippen molar-refractivity contribution in [3.63, 3.8) is 0 Å². The first-order valence-corrected chi connectivity index (χ1v) is 8.82. The van der Waals surface area contributed by atoms with Gasteiger partial charge in [-0.15, -0.1) is 0 Å². The molecule has 1 unspecified atom stereocenters. The number of rotatable bonds is 9. The van der Waals surface area contributed by atoms with Gasteiger partial charge in [0.1, 0.15) is 0 Å². The van der Waals surface area contributed by atoms with Crippen LogP contribution in [0.2, 0.25) is 5.02 Å². The second-order valence-electron chi connectivity index (χ2n) is 5.77. The summed E-state index contributed by atoms with van der Waals surface area (Å²) in [5, 5.41) is 11.2. The Bertz CT molecular complexity index is 404. The van der Waals surface area contributed by atoms with Crippen molar-refractivity contribution in [2.24, 2.45) is 0 Å². The van der Waals surface area contributed by atoms with Crippen molar-refractivity contribution in [2.45, 2.75) is 70.8 Å². The molecular formula is C17H26BrClO. The minimum atomic E-state index is -0.832. The molecule has 0 fully saturated rings. The zero-order chi connectivity index (χ0) is 15.0. The monoisotopic (exact) mass is 360 g/mol. The van der Waals surface area contributed by atoms with Gasteiger partial charge >= 0.3 is 0 Å². The van der Waals surface area contributed by atoms with Gasteiger partial charge in [-0.3, -0.25) is 0 Å². The Hall–Kier alpha value is -0.0500. The molecule has 0 aliphatic carbocycles. The Morgan fingerprint density at radius 2 is 1.70 bits per heavy atom. The highest BCUT2D eigenvalue weighted by atomic mass is 79.9. The Labute approximate surface area is 136 Å². The van der Waals surface area contributed by atoms with Crippen LogP contribution in [0.15, 0.2) is 22.7 Å². The molecule has 0 radical (unpaired) electrons. The van der Waals surface area contributed by atoms with Crippen LogP contribution >= 0.6 is 27.5 Å². The second kappa shape index (κ2) is 9.07. The highest BCUT2D eigenvalue weighted by molar-refractivity contribution is 9.10. The fraction of sp³-hybridized carbons (Fsp3) is 0.647. The summed E-state index contributed by atoms with van der Waals surface area (Å²) in [5.41, 5.74) is -0.00497. The van der Waals surface area contributed by atoms with Gasteiger partial charge in [-0.1, -0.05) is 85.5 Å². The average molecular weight is 362 g/mol. The van der Waals surface area contributed by atoms with Crippen LogP contribution in [0.5, 0.6) is 0 Å². The van der Waals surface area contributed by atoms with E-state index in [1.54, 1.807) is 0 Å². The van der Waals surface area contributed by atoms with Crippen molar-refractivity contribution >= 4 is 27.5 Å². The molecule has 0 aliphatic rings. The van der Waals surface area contributed by atoms with Gasteiger partial charge in [0, 0.05) is 15.1 Å². The number of hydrogen-bond acceptors (Lipinski definition) is 1. The summed E-state index contributed by atoms with van der Waals surface area (Å²) in [6.45, 7) is 4.10. The molecular weight excluding hydrogens is 336 g/mol. The first-order valence-electron chi connectivity index (χ1n) is 7.65. The molecule has 114 valence electrons. The first kappa shape index (κ1) is 18.0. The van der Waals surface area contributed by atoms with Crippen molar-refractivity contribution in [1.29, 1.82) is 0 Å². The van der Waals surface area contributed by atoms with Crippen LogP contribution in [0.1, 0.15) is 70.8 Å². The van der Waals surface area contributed by atoms with Crippen LogP contribution in [0.3, 0.4) is 0 Å². The second-order valence-corrected chi connectivity index (χ2v) is 7.09. The summed E-state index contributed by atoms with van der Waals surface area (Å²) in [4.78, 5) is 0. The molecule has 1 atom stereocenters. The predicted molar refractivity (Wildman–Crippen MR) is 91.3 cm³/mol. The van der Waals surface area contributed by atoms with Gasteiger partial charge in [0.05, 0.1) is 5.60 Å². The zero-order valence-corrected chi connectivity index (χ0v) is 14.9. The van der Waals surface area contributed by atoms with Gasteiger partial charge in [0.2, 0.25) is 0 Å². The van der Waals surface area contributed by atoms with Crippen molar-refractivity contribution in [1.82, 2.24) is 0 Å². The Morgan fingerprint density at radius 3 is 2.30 bits per heavy atom. The summed E-state index contributed by atoms with van der Waals surface area (Å²) in [6.07, 6.45) is 9.55. The Balaban J connectivity index is 2.37. The third-order valence-corrected chi connectivity index (χ3v) is 4.58. The van der Waals surface area contributed by atoms with Gasteiger partial charge in [-0.2, -0.15) is 0 Å². The minimum absolute atomic E-state index is 0.632. The standard InChI is InChI=1S/C17H26BrClO/c1-3-4-5-6-7-8-9-12-17(2,20)15-11-10-14(18)13-16(15)19/h10-11,13,20H,3-9,12H2,1-2H3. The highest BCUT2D eigenvalue weighted by Crippen LogP contribution is 2.34. The summed E-state index contributed by atoms with van der Waals surface area (Å²) < 4.78 is 0.943. The molecule has 0 aromatic heterocycles. The summed E-state index contributed by atoms with van der Waals surface area (Å²) in [7, 11) is 0. The van der Waals surface area contributed by atoms with Gasteiger partial charge < -0.3 is 5.11 Å². The van der Waals surface area contributed by atoms with Gasteiger partial charge in [0.25, 0.3) is 0 Å². The van der Waals surface area contributed by atoms with Crippen LogP contribution in [0.25, 0.3) is 0 Å². The molecule has 1 aromatic rings. The fourth-order valence-corrected chi connectivity index (χ4v) is 3.36. The van der Waals surface area contributed by atoms with E-state index in [0.717, 1.165) is 22.9 Å². The normalized spacial score (nSPS) is 14.2. The van der Waals surface area contributed by atoms with Gasteiger partial charge in [0.15, 0.2) is 0 Å². The summed E-state index contributed by atoms with van der Waals surface area (Å²) >= 11 is 9.61. The predicted octanol–water partition coefficient (Wildman–Crippen LogP) is 6.45. The van der Waals surface area contributed by atoms with Crippen LogP contribution in [0, 0.1) is 0 Å². The van der Waals surface area contributed by atoms with E-state index >= 15 is 0 Å². The number of benzene rings is 1. The molecule has 0 bridgehead atoms. The molecule has 1 N–H and O–H groups in total. The lowest BCUT2D eigenvalue weighted by Gasteiger charge is -2.25. The van der Waals surface area contributed by atoms with Gasteiger partial charge in [-0.05, 0) is 25.5 Å². The van der Waals surface area contributed by atoms with E-state index in [2.05, 4.69) is 22.9 Å². The lowest BCUT2D eigenvalue weighted by molar-refractivity contribution is 0.0449. The molecule has 0 heterocycles. The van der Waals surface area contributed by atoms with Crippen molar-refractivity contribution in [3.05, 3.63) is 33.3 Å². The number of unbranched alkanes of at least 4 members (excludes halogenated alkanes) is 6. The molecule has 0 spiro atoms. The van der Waals surface area contributed by atoms with E-state index in [9.17, 15) is 5.11 Å². The smallest absolute Gasteiger partial charge is 0.0882 e. The van der Waals surface area contributed by atoms with Crippen LogP contribution < -0.4 is 0 Å². The summed E-state index contributed by atoms with van der Waals surface area (Å²) in [5.74, 6) is 0. The van der Waals surface area contributed by atoms with E-state index in [-0.39, 0.29) is 0 Å². The van der Waals surface area contributed by atoms with E-state index in [4.69, 9.17) is 11.6 Å². The minimum Gasteiger partial charge on any atom is -0.385 e. The SMILES string of the molecule is CCCCCCCCCC(C)(O)c1ccc(Br)cc1Cl. The molecule has 0 amide bonds. The Morgan fingerprint density at radius 1 is 1.10 bits per heavy atom. The van der Waals surface area contributed by atoms with E-state index in [1.807, 2.05) is 25.1 Å². The number of aliphatic hydroxyl groups is 1. The van der Waals surface area contributed by atoms with Gasteiger partial charge in [-0.25, -0.2) is 0 Å². The maximum absolute atomic E-state index is 10.6. The number of hydrogen-bond donors (Lipinski definition) is 1. The lowest BCUT2D eigenvalue weighted by Crippen LogP contribution is -2.21. The van der Waals surface area contributed by atoms with Crippen LogP contribution in [0.4, 0.5) is 0 Å².